The third-order valence-electron chi connectivity index (χ3n) is 5.45. The van der Waals surface area contributed by atoms with Gasteiger partial charge in [-0.2, -0.15) is 0 Å². The molecule has 0 aliphatic heterocycles. The van der Waals surface area contributed by atoms with Crippen molar-refractivity contribution in [3.8, 4) is 0 Å². The second-order valence-corrected chi connectivity index (χ2v) is 11.0. The fourth-order valence-electron chi connectivity index (χ4n) is 3.27. The van der Waals surface area contributed by atoms with Crippen molar-refractivity contribution in [2.45, 2.75) is 38.1 Å². The first-order chi connectivity index (χ1) is 16.6. The number of anilines is 2. The van der Waals surface area contributed by atoms with Crippen molar-refractivity contribution < 1.29 is 18.0 Å². The molecule has 35 heavy (non-hydrogen) atoms. The molecule has 0 aliphatic rings. The molecular formula is C26H28BrN3O4S. The summed E-state index contributed by atoms with van der Waals surface area (Å²) in [6.07, 6.45) is 0.763. The number of para-hydroxylation sites is 1. The number of nitrogens with one attached hydrogen (secondary N) is 2. The van der Waals surface area contributed by atoms with Gasteiger partial charge in [0.25, 0.3) is 15.9 Å². The summed E-state index contributed by atoms with van der Waals surface area (Å²) in [4.78, 5) is 25.9. The highest BCUT2D eigenvalue weighted by Gasteiger charge is 2.27. The number of hydrogen-bond donors (Lipinski definition) is 2. The monoisotopic (exact) mass is 557 g/mol. The van der Waals surface area contributed by atoms with Gasteiger partial charge in [0.2, 0.25) is 5.91 Å². The van der Waals surface area contributed by atoms with Crippen molar-refractivity contribution in [1.82, 2.24) is 5.32 Å². The van der Waals surface area contributed by atoms with Crippen LogP contribution in [0.4, 0.5) is 11.4 Å². The first kappa shape index (κ1) is 26.4. The van der Waals surface area contributed by atoms with Gasteiger partial charge in [0.15, 0.2) is 0 Å². The molecule has 0 heterocycles. The Morgan fingerprint density at radius 3 is 2.23 bits per heavy atom. The molecule has 3 aromatic rings. The van der Waals surface area contributed by atoms with Gasteiger partial charge >= 0.3 is 0 Å². The Balaban J connectivity index is 1.90. The van der Waals surface area contributed by atoms with Gasteiger partial charge in [-0.05, 0) is 68.8 Å². The van der Waals surface area contributed by atoms with Crippen molar-refractivity contribution in [3.05, 3.63) is 88.4 Å². The molecule has 9 heteroatoms. The van der Waals surface area contributed by atoms with Crippen LogP contribution in [0.2, 0.25) is 0 Å². The van der Waals surface area contributed by atoms with Gasteiger partial charge in [0.1, 0.15) is 6.54 Å². The number of aryl methyl sites for hydroxylation is 1. The van der Waals surface area contributed by atoms with E-state index in [0.29, 0.717) is 16.9 Å². The summed E-state index contributed by atoms with van der Waals surface area (Å²) >= 11 is 3.35. The fourth-order valence-corrected chi connectivity index (χ4v) is 4.96. The summed E-state index contributed by atoms with van der Waals surface area (Å²) in [6.45, 7) is 5.25. The molecule has 0 unspecified atom stereocenters. The summed E-state index contributed by atoms with van der Waals surface area (Å²) in [7, 11) is -4.04. The Kier molecular flexibility index (Phi) is 8.69. The summed E-state index contributed by atoms with van der Waals surface area (Å²) < 4.78 is 28.9. The van der Waals surface area contributed by atoms with Crippen molar-refractivity contribution in [3.63, 3.8) is 0 Å². The predicted molar refractivity (Wildman–Crippen MR) is 142 cm³/mol. The van der Waals surface area contributed by atoms with Crippen LogP contribution in [0.1, 0.15) is 36.2 Å². The van der Waals surface area contributed by atoms with Gasteiger partial charge in [0.05, 0.1) is 21.8 Å². The van der Waals surface area contributed by atoms with E-state index >= 15 is 0 Å². The number of benzene rings is 3. The Hall–Kier alpha value is -3.17. The lowest BCUT2D eigenvalue weighted by atomic mass is 10.1. The van der Waals surface area contributed by atoms with Crippen LogP contribution < -0.4 is 14.9 Å². The van der Waals surface area contributed by atoms with E-state index in [1.54, 1.807) is 60.7 Å². The summed E-state index contributed by atoms with van der Waals surface area (Å²) in [6, 6.07) is 19.7. The maximum Gasteiger partial charge on any atom is 0.264 e. The van der Waals surface area contributed by atoms with Crippen LogP contribution in [-0.4, -0.2) is 32.8 Å². The number of amides is 2. The van der Waals surface area contributed by atoms with Gasteiger partial charge in [-0.25, -0.2) is 8.42 Å². The number of rotatable bonds is 9. The number of hydrogen-bond acceptors (Lipinski definition) is 4. The van der Waals surface area contributed by atoms with E-state index in [1.165, 1.54) is 12.1 Å². The molecule has 7 nitrogen and oxygen atoms in total. The van der Waals surface area contributed by atoms with E-state index in [-0.39, 0.29) is 16.8 Å². The maximum atomic E-state index is 13.5. The smallest absolute Gasteiger partial charge is 0.264 e. The summed E-state index contributed by atoms with van der Waals surface area (Å²) in [5, 5.41) is 5.59. The fraction of sp³-hybridized carbons (Fsp3) is 0.231. The minimum atomic E-state index is -4.04. The van der Waals surface area contributed by atoms with Crippen LogP contribution in [0.25, 0.3) is 0 Å². The predicted octanol–water partition coefficient (Wildman–Crippen LogP) is 5.12. The highest BCUT2D eigenvalue weighted by molar-refractivity contribution is 9.10. The second kappa shape index (κ2) is 11.5. The van der Waals surface area contributed by atoms with E-state index in [1.807, 2.05) is 20.8 Å². The van der Waals surface area contributed by atoms with E-state index in [4.69, 9.17) is 0 Å². The molecule has 3 rings (SSSR count). The molecule has 0 saturated heterocycles. The van der Waals surface area contributed by atoms with E-state index in [2.05, 4.69) is 26.6 Å². The molecule has 0 radical (unpaired) electrons. The van der Waals surface area contributed by atoms with Gasteiger partial charge in [0, 0.05) is 10.5 Å². The summed E-state index contributed by atoms with van der Waals surface area (Å²) in [5.74, 6) is -0.889. The topological polar surface area (TPSA) is 95.6 Å². The SMILES string of the molecule is CC[C@@H](C)NC(=O)c1ccccc1NC(=O)CN(c1ccc(Br)cc1)S(=O)(=O)c1ccc(C)cc1. The zero-order valence-electron chi connectivity index (χ0n) is 19.8. The molecule has 2 amide bonds. The molecule has 3 aromatic carbocycles. The van der Waals surface area contributed by atoms with Crippen LogP contribution in [-0.2, 0) is 14.8 Å². The Labute approximate surface area is 214 Å². The third kappa shape index (κ3) is 6.70. The quantitative estimate of drug-likeness (QED) is 0.381. The van der Waals surface area contributed by atoms with Gasteiger partial charge in [-0.3, -0.25) is 13.9 Å². The first-order valence-corrected chi connectivity index (χ1v) is 13.4. The zero-order valence-corrected chi connectivity index (χ0v) is 22.2. The molecule has 0 spiro atoms. The van der Waals surface area contributed by atoms with Crippen molar-refractivity contribution in [2.24, 2.45) is 0 Å². The average molecular weight is 558 g/mol. The third-order valence-corrected chi connectivity index (χ3v) is 7.76. The molecule has 0 fully saturated rings. The standard InChI is InChI=1S/C26H28BrN3O4S/c1-4-19(3)28-26(32)23-7-5-6-8-24(23)29-25(31)17-30(21-13-11-20(27)12-14-21)35(33,34)22-15-9-18(2)10-16-22/h5-16,19H,4,17H2,1-3H3,(H,28,32)(H,29,31)/t19-/m1/s1. The van der Waals surface area contributed by atoms with E-state index in [9.17, 15) is 18.0 Å². The van der Waals surface area contributed by atoms with Gasteiger partial charge in [-0.1, -0.05) is 52.7 Å². The second-order valence-electron chi connectivity index (χ2n) is 8.18. The largest absolute Gasteiger partial charge is 0.350 e. The van der Waals surface area contributed by atoms with Crippen molar-refractivity contribution in [2.75, 3.05) is 16.2 Å². The Morgan fingerprint density at radius 1 is 0.971 bits per heavy atom. The lowest BCUT2D eigenvalue weighted by molar-refractivity contribution is -0.114. The van der Waals surface area contributed by atoms with Crippen LogP contribution in [0.15, 0.2) is 82.2 Å². The zero-order chi connectivity index (χ0) is 25.6. The lowest BCUT2D eigenvalue weighted by Gasteiger charge is -2.24. The Morgan fingerprint density at radius 2 is 1.60 bits per heavy atom. The lowest BCUT2D eigenvalue weighted by Crippen LogP contribution is -2.38. The van der Waals surface area contributed by atoms with E-state index in [0.717, 1.165) is 20.8 Å². The molecule has 0 aliphatic carbocycles. The minimum absolute atomic E-state index is 0.0289. The molecule has 2 N–H and O–H groups in total. The minimum Gasteiger partial charge on any atom is -0.350 e. The Bertz CT molecular complexity index is 1290. The average Bonchev–Trinajstić information content (AvgIpc) is 2.83. The number of carbonyl (C=O) groups is 2. The molecular weight excluding hydrogens is 530 g/mol. The van der Waals surface area contributed by atoms with Gasteiger partial charge < -0.3 is 10.6 Å². The number of sulfonamides is 1. The van der Waals surface area contributed by atoms with Crippen molar-refractivity contribution >= 4 is 49.1 Å². The normalized spacial score (nSPS) is 12.0. The summed E-state index contributed by atoms with van der Waals surface area (Å²) in [5.41, 5.74) is 1.87. The molecule has 184 valence electrons. The van der Waals surface area contributed by atoms with Crippen LogP contribution in [0.5, 0.6) is 0 Å². The van der Waals surface area contributed by atoms with Crippen LogP contribution in [0.3, 0.4) is 0 Å². The number of nitrogens with zero attached hydrogens (tertiary/aromatic N) is 1. The molecule has 1 atom stereocenters. The number of carbonyl (C=O) groups excluding carboxylic acids is 2. The van der Waals surface area contributed by atoms with Crippen LogP contribution >= 0.6 is 15.9 Å². The van der Waals surface area contributed by atoms with E-state index < -0.39 is 22.5 Å². The first-order valence-electron chi connectivity index (χ1n) is 11.2. The molecule has 0 bridgehead atoms. The number of halogens is 1. The maximum absolute atomic E-state index is 13.5. The molecule has 0 aromatic heterocycles. The highest BCUT2D eigenvalue weighted by atomic mass is 79.9. The van der Waals surface area contributed by atoms with Crippen LogP contribution in [0, 0.1) is 6.92 Å². The van der Waals surface area contributed by atoms with Crippen molar-refractivity contribution in [1.29, 1.82) is 0 Å². The molecule has 0 saturated carbocycles. The highest BCUT2D eigenvalue weighted by Crippen LogP contribution is 2.26. The van der Waals surface area contributed by atoms with Gasteiger partial charge in [-0.15, -0.1) is 0 Å².